The molecule has 0 atom stereocenters. The molecule has 19 heavy (non-hydrogen) atoms. The summed E-state index contributed by atoms with van der Waals surface area (Å²) in [7, 11) is -3.80. The van der Waals surface area contributed by atoms with Crippen LogP contribution in [0.2, 0.25) is 10.0 Å². The molecular weight excluding hydrogens is 427 g/mol. The largest absolute Gasteiger partial charge is 0.242 e. The van der Waals surface area contributed by atoms with Crippen molar-refractivity contribution in [2.75, 3.05) is 11.0 Å². The van der Waals surface area contributed by atoms with Crippen molar-refractivity contribution in [1.82, 2.24) is 4.72 Å². The molecule has 1 rings (SSSR count). The quantitative estimate of drug-likeness (QED) is 0.302. The molecule has 8 heteroatoms. The van der Waals surface area contributed by atoms with Crippen molar-refractivity contribution in [3.8, 4) is 0 Å². The first-order valence-corrected chi connectivity index (χ1v) is 9.35. The van der Waals surface area contributed by atoms with Crippen LogP contribution in [0.15, 0.2) is 17.0 Å². The lowest BCUT2D eigenvalue weighted by Crippen LogP contribution is -2.25. The minimum absolute atomic E-state index is 0.203. The van der Waals surface area contributed by atoms with Crippen LogP contribution >= 0.6 is 45.8 Å². The predicted molar refractivity (Wildman–Crippen MR) is 84.3 cm³/mol. The number of benzene rings is 1. The molecule has 0 saturated carbocycles. The van der Waals surface area contributed by atoms with Crippen molar-refractivity contribution in [3.05, 3.63) is 28.0 Å². The fourth-order valence-corrected chi connectivity index (χ4v) is 3.75. The van der Waals surface area contributed by atoms with Crippen molar-refractivity contribution in [3.63, 3.8) is 0 Å². The number of alkyl halides is 1. The lowest BCUT2D eigenvalue weighted by molar-refractivity contribution is 0.573. The highest BCUT2D eigenvalue weighted by molar-refractivity contribution is 14.1. The maximum atomic E-state index is 13.5. The fourth-order valence-electron chi connectivity index (χ4n) is 1.40. The molecule has 0 heterocycles. The monoisotopic (exact) mass is 439 g/mol. The third kappa shape index (κ3) is 5.00. The first-order valence-electron chi connectivity index (χ1n) is 5.59. The smallest absolute Gasteiger partial charge is 0.211 e. The SMILES string of the molecule is O=S(=O)(NCCCCCI)c1ccc(Cl)c(F)c1Cl. The summed E-state index contributed by atoms with van der Waals surface area (Å²) < 4.78 is 40.8. The molecule has 1 N–H and O–H groups in total. The number of nitrogens with one attached hydrogen (secondary N) is 1. The molecule has 0 amide bonds. The van der Waals surface area contributed by atoms with E-state index in [-0.39, 0.29) is 9.92 Å². The van der Waals surface area contributed by atoms with Gasteiger partial charge in [-0.05, 0) is 29.4 Å². The lowest BCUT2D eigenvalue weighted by atomic mass is 10.3. The Morgan fingerprint density at radius 1 is 1.21 bits per heavy atom. The third-order valence-electron chi connectivity index (χ3n) is 2.39. The molecular formula is C11H13Cl2FINO2S. The Morgan fingerprint density at radius 3 is 2.53 bits per heavy atom. The average Bonchev–Trinajstić information content (AvgIpc) is 2.35. The van der Waals surface area contributed by atoms with Gasteiger partial charge in [0.1, 0.15) is 4.90 Å². The van der Waals surface area contributed by atoms with E-state index >= 15 is 0 Å². The molecule has 0 aliphatic carbocycles. The molecule has 0 aliphatic heterocycles. The van der Waals surface area contributed by atoms with Crippen molar-refractivity contribution in [1.29, 1.82) is 0 Å². The van der Waals surface area contributed by atoms with Crippen LogP contribution in [0.5, 0.6) is 0 Å². The first-order chi connectivity index (χ1) is 8.90. The predicted octanol–water partition coefficient (Wildman–Crippen LogP) is 4.02. The molecule has 0 radical (unpaired) electrons. The third-order valence-corrected chi connectivity index (χ3v) is 5.43. The van der Waals surface area contributed by atoms with Crippen LogP contribution in [0.4, 0.5) is 4.39 Å². The van der Waals surface area contributed by atoms with Gasteiger partial charge in [-0.1, -0.05) is 52.2 Å². The van der Waals surface area contributed by atoms with Gasteiger partial charge in [0.2, 0.25) is 10.0 Å². The number of sulfonamides is 1. The molecule has 3 nitrogen and oxygen atoms in total. The van der Waals surface area contributed by atoms with E-state index in [4.69, 9.17) is 23.2 Å². The normalized spacial score (nSPS) is 11.8. The second-order valence-electron chi connectivity index (χ2n) is 3.82. The van der Waals surface area contributed by atoms with Crippen molar-refractivity contribution in [2.24, 2.45) is 0 Å². The molecule has 0 unspecified atom stereocenters. The van der Waals surface area contributed by atoms with E-state index in [2.05, 4.69) is 27.3 Å². The molecule has 0 aliphatic rings. The molecule has 1 aromatic rings. The van der Waals surface area contributed by atoms with Crippen LogP contribution in [0.25, 0.3) is 0 Å². The standard InChI is InChI=1S/C11H13Cl2FINO2S/c12-8-4-5-9(10(13)11(8)14)19(17,18)16-7-3-1-2-6-15/h4-5,16H,1-3,6-7H2. The summed E-state index contributed by atoms with van der Waals surface area (Å²) in [5.74, 6) is -0.920. The zero-order valence-electron chi connectivity index (χ0n) is 9.93. The molecule has 0 saturated heterocycles. The van der Waals surface area contributed by atoms with E-state index in [0.29, 0.717) is 6.54 Å². The number of halogens is 4. The molecule has 0 fully saturated rings. The molecule has 0 spiro atoms. The van der Waals surface area contributed by atoms with E-state index in [1.54, 1.807) is 0 Å². The van der Waals surface area contributed by atoms with Gasteiger partial charge in [-0.15, -0.1) is 0 Å². The summed E-state index contributed by atoms with van der Waals surface area (Å²) in [6.07, 6.45) is 2.71. The summed E-state index contributed by atoms with van der Waals surface area (Å²) >= 11 is 13.5. The summed E-state index contributed by atoms with van der Waals surface area (Å²) in [4.78, 5) is -0.287. The average molecular weight is 440 g/mol. The summed E-state index contributed by atoms with van der Waals surface area (Å²) in [6, 6.07) is 2.37. The minimum atomic E-state index is -3.80. The number of hydrogen-bond donors (Lipinski definition) is 1. The summed E-state index contributed by atoms with van der Waals surface area (Å²) in [5.41, 5.74) is 0. The Bertz CT molecular complexity index is 540. The van der Waals surface area contributed by atoms with Crippen molar-refractivity contribution in [2.45, 2.75) is 24.2 Å². The second-order valence-corrected chi connectivity index (χ2v) is 7.42. The Hall–Kier alpha value is 0.370. The highest BCUT2D eigenvalue weighted by Crippen LogP contribution is 2.29. The van der Waals surface area contributed by atoms with Gasteiger partial charge in [-0.25, -0.2) is 17.5 Å². The van der Waals surface area contributed by atoms with Crippen LogP contribution in [0.3, 0.4) is 0 Å². The highest BCUT2D eigenvalue weighted by Gasteiger charge is 2.21. The Labute approximate surface area is 136 Å². The summed E-state index contributed by atoms with van der Waals surface area (Å²) in [5, 5.41) is -0.682. The molecule has 1 aromatic carbocycles. The number of rotatable bonds is 7. The Balaban J connectivity index is 2.75. The van der Waals surface area contributed by atoms with Crippen molar-refractivity contribution < 1.29 is 12.8 Å². The van der Waals surface area contributed by atoms with Crippen LogP contribution < -0.4 is 4.72 Å². The van der Waals surface area contributed by atoms with E-state index in [9.17, 15) is 12.8 Å². The maximum absolute atomic E-state index is 13.5. The fraction of sp³-hybridized carbons (Fsp3) is 0.455. The van der Waals surface area contributed by atoms with Crippen LogP contribution in [0, 0.1) is 5.82 Å². The Kier molecular flexibility index (Phi) is 7.31. The van der Waals surface area contributed by atoms with Gasteiger partial charge in [0.05, 0.1) is 10.0 Å². The van der Waals surface area contributed by atoms with E-state index in [0.717, 1.165) is 23.7 Å². The minimum Gasteiger partial charge on any atom is -0.211 e. The number of unbranched alkanes of at least 4 members (excludes halogenated alkanes) is 2. The highest BCUT2D eigenvalue weighted by atomic mass is 127. The van der Waals surface area contributed by atoms with Crippen molar-refractivity contribution >= 4 is 55.8 Å². The van der Waals surface area contributed by atoms with E-state index < -0.39 is 20.9 Å². The molecule has 108 valence electrons. The van der Waals surface area contributed by atoms with Gasteiger partial charge in [-0.2, -0.15) is 0 Å². The lowest BCUT2D eigenvalue weighted by Gasteiger charge is -2.09. The van der Waals surface area contributed by atoms with Gasteiger partial charge in [-0.3, -0.25) is 0 Å². The van der Waals surface area contributed by atoms with Gasteiger partial charge in [0.15, 0.2) is 5.82 Å². The topological polar surface area (TPSA) is 46.2 Å². The van der Waals surface area contributed by atoms with E-state index in [1.807, 2.05) is 0 Å². The van der Waals surface area contributed by atoms with Gasteiger partial charge >= 0.3 is 0 Å². The first kappa shape index (κ1) is 17.4. The molecule has 0 bridgehead atoms. The van der Waals surface area contributed by atoms with Gasteiger partial charge in [0.25, 0.3) is 0 Å². The zero-order chi connectivity index (χ0) is 14.5. The zero-order valence-corrected chi connectivity index (χ0v) is 14.4. The van der Waals surface area contributed by atoms with Gasteiger partial charge < -0.3 is 0 Å². The second kappa shape index (κ2) is 7.97. The maximum Gasteiger partial charge on any atom is 0.242 e. The summed E-state index contributed by atoms with van der Waals surface area (Å²) in [6.45, 7) is 0.305. The van der Waals surface area contributed by atoms with Crippen LogP contribution in [0.1, 0.15) is 19.3 Å². The van der Waals surface area contributed by atoms with E-state index in [1.165, 1.54) is 12.1 Å². The van der Waals surface area contributed by atoms with Gasteiger partial charge in [0, 0.05) is 6.54 Å². The molecule has 0 aromatic heterocycles. The number of hydrogen-bond acceptors (Lipinski definition) is 2. The van der Waals surface area contributed by atoms with Crippen LogP contribution in [-0.4, -0.2) is 19.4 Å². The van der Waals surface area contributed by atoms with Crippen LogP contribution in [-0.2, 0) is 10.0 Å². The Morgan fingerprint density at radius 2 is 1.89 bits per heavy atom.